The van der Waals surface area contributed by atoms with Gasteiger partial charge in [0.2, 0.25) is 0 Å². The minimum Gasteiger partial charge on any atom is -0.356 e. The summed E-state index contributed by atoms with van der Waals surface area (Å²) in [5.41, 5.74) is 2.46. The van der Waals surface area contributed by atoms with Crippen molar-refractivity contribution in [2.45, 2.75) is 0 Å². The van der Waals surface area contributed by atoms with Crippen LogP contribution in [0.4, 0.5) is 0 Å². The van der Waals surface area contributed by atoms with E-state index in [1.807, 2.05) is 36.4 Å². The monoisotopic (exact) mass is 183 g/mol. The van der Waals surface area contributed by atoms with E-state index in [-0.39, 0.29) is 0 Å². The Hall–Kier alpha value is -2.03. The molecule has 1 radical (unpaired) electrons. The van der Waals surface area contributed by atoms with Gasteiger partial charge in [-0.1, -0.05) is 17.3 Å². The van der Waals surface area contributed by atoms with Crippen LogP contribution in [-0.2, 0) is 0 Å². The highest BCUT2D eigenvalue weighted by Gasteiger charge is 2.13. The fraction of sp³-hybridized carbons (Fsp3) is 0. The molecular formula is C11H7N2O. The Labute approximate surface area is 80.7 Å². The van der Waals surface area contributed by atoms with Gasteiger partial charge in [-0.15, -0.1) is 0 Å². The maximum absolute atomic E-state index is 5.18. The van der Waals surface area contributed by atoms with Gasteiger partial charge in [0.1, 0.15) is 5.69 Å². The summed E-state index contributed by atoms with van der Waals surface area (Å²) in [6.45, 7) is 0. The number of hydrogen-bond acceptors (Lipinski definition) is 2. The molecule has 0 aliphatic carbocycles. The first kappa shape index (κ1) is 7.38. The van der Waals surface area contributed by atoms with Crippen molar-refractivity contribution in [3.8, 4) is 0 Å². The van der Waals surface area contributed by atoms with E-state index in [2.05, 4.69) is 10.5 Å². The highest BCUT2D eigenvalue weighted by molar-refractivity contribution is 5.89. The largest absolute Gasteiger partial charge is 0.356 e. The molecule has 0 fully saturated rings. The zero-order valence-corrected chi connectivity index (χ0v) is 7.34. The second-order valence-corrected chi connectivity index (χ2v) is 3.05. The molecule has 0 saturated heterocycles. The fourth-order valence-corrected chi connectivity index (χ4v) is 1.51. The molecule has 67 valence electrons. The molecule has 3 rings (SSSR count). The highest BCUT2D eigenvalue weighted by atomic mass is 16.5. The minimum atomic E-state index is 0.797. The van der Waals surface area contributed by atoms with E-state index in [0.717, 1.165) is 22.4 Å². The van der Waals surface area contributed by atoms with Crippen LogP contribution in [0.2, 0.25) is 0 Å². The van der Waals surface area contributed by atoms with E-state index in [9.17, 15) is 0 Å². The maximum atomic E-state index is 5.18. The Morgan fingerprint density at radius 3 is 2.93 bits per heavy atom. The second-order valence-electron chi connectivity index (χ2n) is 3.05. The third-order valence-corrected chi connectivity index (χ3v) is 2.17. The molecule has 3 nitrogen and oxygen atoms in total. The van der Waals surface area contributed by atoms with E-state index in [1.165, 1.54) is 0 Å². The zero-order valence-electron chi connectivity index (χ0n) is 7.34. The summed E-state index contributed by atoms with van der Waals surface area (Å²) in [5, 5.41) is 9.19. The van der Waals surface area contributed by atoms with E-state index >= 15 is 0 Å². The molecule has 1 aliphatic rings. The van der Waals surface area contributed by atoms with Crippen molar-refractivity contribution in [1.29, 1.82) is 0 Å². The number of aromatic nitrogens is 1. The van der Waals surface area contributed by atoms with E-state index in [0.29, 0.717) is 0 Å². The van der Waals surface area contributed by atoms with Crippen LogP contribution in [-0.4, -0.2) is 5.16 Å². The molecule has 1 aromatic heterocycles. The Morgan fingerprint density at radius 1 is 1.14 bits per heavy atom. The molecular weight excluding hydrogens is 176 g/mol. The summed E-state index contributed by atoms with van der Waals surface area (Å²) in [7, 11) is 0. The smallest absolute Gasteiger partial charge is 0.167 e. The number of rotatable bonds is 1. The highest BCUT2D eigenvalue weighted by Crippen LogP contribution is 2.24. The average molecular weight is 183 g/mol. The van der Waals surface area contributed by atoms with Gasteiger partial charge in [-0.05, 0) is 24.3 Å². The summed E-state index contributed by atoms with van der Waals surface area (Å²) >= 11 is 0. The van der Waals surface area contributed by atoms with Gasteiger partial charge in [0.05, 0.1) is 11.1 Å². The van der Waals surface area contributed by atoms with Gasteiger partial charge in [0, 0.05) is 6.20 Å². The molecule has 0 bridgehead atoms. The Balaban J connectivity index is 2.22. The van der Waals surface area contributed by atoms with Crippen molar-refractivity contribution < 1.29 is 4.52 Å². The first-order valence-corrected chi connectivity index (χ1v) is 4.37. The minimum absolute atomic E-state index is 0.797. The van der Waals surface area contributed by atoms with E-state index in [1.54, 1.807) is 6.20 Å². The number of hydrogen-bond donors (Lipinski definition) is 0. The standard InChI is InChI=1S/C11H7N2O/c1-2-6-10-8(4-1)11(13-14-10)9-5-3-7-12-9/h1-7H. The quantitative estimate of drug-likeness (QED) is 0.680. The summed E-state index contributed by atoms with van der Waals surface area (Å²) < 4.78 is 5.18. The lowest BCUT2D eigenvalue weighted by Gasteiger charge is -1.94. The summed E-state index contributed by atoms with van der Waals surface area (Å²) in [6, 6.07) is 7.77. The van der Waals surface area contributed by atoms with Gasteiger partial charge in [-0.25, -0.2) is 0 Å². The first-order valence-electron chi connectivity index (χ1n) is 4.37. The number of benzene rings is 1. The zero-order chi connectivity index (χ0) is 9.38. The molecule has 0 amide bonds. The third-order valence-electron chi connectivity index (χ3n) is 2.17. The van der Waals surface area contributed by atoms with Crippen LogP contribution in [0.1, 0.15) is 5.69 Å². The third kappa shape index (κ3) is 0.956. The molecule has 0 spiro atoms. The molecule has 3 heteroatoms. The van der Waals surface area contributed by atoms with Gasteiger partial charge in [-0.3, -0.25) is 5.32 Å². The topological polar surface area (TPSA) is 40.1 Å². The molecule has 0 N–H and O–H groups in total. The molecule has 2 heterocycles. The van der Waals surface area contributed by atoms with Gasteiger partial charge >= 0.3 is 0 Å². The molecule has 0 unspecified atom stereocenters. The van der Waals surface area contributed by atoms with Crippen molar-refractivity contribution in [1.82, 2.24) is 10.5 Å². The Morgan fingerprint density at radius 2 is 2.07 bits per heavy atom. The summed E-state index contributed by atoms with van der Waals surface area (Å²) in [6.07, 6.45) is 5.56. The van der Waals surface area contributed by atoms with Crippen molar-refractivity contribution in [3.05, 3.63) is 48.3 Å². The number of fused-ring (bicyclic) bond motifs is 1. The Bertz CT molecular complexity index is 537. The van der Waals surface area contributed by atoms with Crippen molar-refractivity contribution in [2.24, 2.45) is 0 Å². The van der Waals surface area contributed by atoms with Crippen LogP contribution < -0.4 is 5.32 Å². The molecule has 1 aromatic carbocycles. The second kappa shape index (κ2) is 2.73. The van der Waals surface area contributed by atoms with Crippen molar-refractivity contribution in [2.75, 3.05) is 0 Å². The summed E-state index contributed by atoms with van der Waals surface area (Å²) in [5.74, 6) is 0. The lowest BCUT2D eigenvalue weighted by molar-refractivity contribution is 0.453. The van der Waals surface area contributed by atoms with Crippen molar-refractivity contribution in [3.63, 3.8) is 0 Å². The lowest BCUT2D eigenvalue weighted by atomic mass is 10.2. The van der Waals surface area contributed by atoms with E-state index < -0.39 is 0 Å². The van der Waals surface area contributed by atoms with Gasteiger partial charge in [-0.2, -0.15) is 0 Å². The van der Waals surface area contributed by atoms with Crippen LogP contribution in [0, 0.1) is 0 Å². The van der Waals surface area contributed by atoms with Gasteiger partial charge in [0.25, 0.3) is 0 Å². The fourth-order valence-electron chi connectivity index (χ4n) is 1.51. The van der Waals surface area contributed by atoms with Crippen LogP contribution in [0.5, 0.6) is 0 Å². The van der Waals surface area contributed by atoms with Crippen LogP contribution in [0.25, 0.3) is 16.7 Å². The Kier molecular flexibility index (Phi) is 1.44. The average Bonchev–Trinajstić information content (AvgIpc) is 2.85. The van der Waals surface area contributed by atoms with Crippen LogP contribution in [0.3, 0.4) is 0 Å². The molecule has 2 aromatic rings. The predicted molar refractivity (Wildman–Crippen MR) is 53.3 cm³/mol. The number of nitrogens with zero attached hydrogens (tertiary/aromatic N) is 2. The predicted octanol–water partition coefficient (Wildman–Crippen LogP) is 2.30. The van der Waals surface area contributed by atoms with Gasteiger partial charge in [0.15, 0.2) is 5.58 Å². The van der Waals surface area contributed by atoms with Crippen LogP contribution in [0.15, 0.2) is 47.1 Å². The molecule has 14 heavy (non-hydrogen) atoms. The molecule has 1 aliphatic heterocycles. The van der Waals surface area contributed by atoms with Crippen molar-refractivity contribution >= 4 is 16.7 Å². The maximum Gasteiger partial charge on any atom is 0.167 e. The normalized spacial score (nSPS) is 14.4. The number of allylic oxidation sites excluding steroid dienone is 2. The summed E-state index contributed by atoms with van der Waals surface area (Å²) in [4.78, 5) is 0. The first-order chi connectivity index (χ1) is 6.95. The lowest BCUT2D eigenvalue weighted by Crippen LogP contribution is -1.91. The van der Waals surface area contributed by atoms with Gasteiger partial charge < -0.3 is 4.52 Å². The van der Waals surface area contributed by atoms with Crippen LogP contribution >= 0.6 is 0 Å². The molecule has 0 atom stereocenters. The van der Waals surface area contributed by atoms with E-state index in [4.69, 9.17) is 4.52 Å². The number of para-hydroxylation sites is 1. The molecule has 0 saturated carbocycles. The SMILES string of the molecule is C1=C[N]C(c2noc3ccccc23)=C1.